The first-order valence-electron chi connectivity index (χ1n) is 4.77. The summed E-state index contributed by atoms with van der Waals surface area (Å²) in [5, 5.41) is 4.49. The lowest BCUT2D eigenvalue weighted by Crippen LogP contribution is -1.98. The van der Waals surface area contributed by atoms with Crippen LogP contribution in [0.5, 0.6) is 0 Å². The third-order valence-corrected chi connectivity index (χ3v) is 2.21. The molecule has 2 aromatic rings. The summed E-state index contributed by atoms with van der Waals surface area (Å²) in [5.41, 5.74) is 3.35. The number of pyridine rings is 1. The number of aryl methyl sites for hydroxylation is 2. The van der Waals surface area contributed by atoms with E-state index in [0.29, 0.717) is 0 Å². The lowest BCUT2D eigenvalue weighted by molar-refractivity contribution is 0.816. The van der Waals surface area contributed by atoms with Crippen molar-refractivity contribution in [3.8, 4) is 5.69 Å². The maximum atomic E-state index is 4.49. The van der Waals surface area contributed by atoms with Gasteiger partial charge in [0.25, 0.3) is 0 Å². The largest absolute Gasteiger partial charge is 0.265 e. The van der Waals surface area contributed by atoms with Crippen molar-refractivity contribution < 1.29 is 0 Å². The zero-order valence-corrected chi connectivity index (χ0v) is 8.44. The fraction of sp³-hybridized carbons (Fsp3) is 0.273. The van der Waals surface area contributed by atoms with Crippen LogP contribution in [0, 0.1) is 6.92 Å². The maximum absolute atomic E-state index is 4.49. The third-order valence-electron chi connectivity index (χ3n) is 2.21. The highest BCUT2D eigenvalue weighted by molar-refractivity contribution is 5.30. The van der Waals surface area contributed by atoms with E-state index in [1.54, 1.807) is 12.4 Å². The zero-order valence-electron chi connectivity index (χ0n) is 8.44. The van der Waals surface area contributed by atoms with Crippen molar-refractivity contribution in [1.29, 1.82) is 0 Å². The summed E-state index contributed by atoms with van der Waals surface area (Å²) in [4.78, 5) is 3.99. The standard InChI is InChI=1S/C11H13N3/c1-3-10-8-9(2)14(13-10)11-4-6-12-7-5-11/h4-8H,3H2,1-2H3. The summed E-state index contributed by atoms with van der Waals surface area (Å²) in [6.45, 7) is 4.17. The number of hydrogen-bond donors (Lipinski definition) is 0. The molecule has 0 aliphatic heterocycles. The summed E-state index contributed by atoms with van der Waals surface area (Å²) in [6.07, 6.45) is 4.53. The SMILES string of the molecule is CCc1cc(C)n(-c2ccncc2)n1. The van der Waals surface area contributed by atoms with E-state index in [9.17, 15) is 0 Å². The normalized spacial score (nSPS) is 10.4. The lowest BCUT2D eigenvalue weighted by Gasteiger charge is -2.02. The second-order valence-corrected chi connectivity index (χ2v) is 3.25. The van der Waals surface area contributed by atoms with Crippen molar-refractivity contribution >= 4 is 0 Å². The van der Waals surface area contributed by atoms with Crippen LogP contribution in [-0.4, -0.2) is 14.8 Å². The van der Waals surface area contributed by atoms with Gasteiger partial charge in [-0.2, -0.15) is 5.10 Å². The Kier molecular flexibility index (Phi) is 2.31. The van der Waals surface area contributed by atoms with E-state index in [1.807, 2.05) is 16.8 Å². The summed E-state index contributed by atoms with van der Waals surface area (Å²) < 4.78 is 1.94. The lowest BCUT2D eigenvalue weighted by atomic mass is 10.3. The van der Waals surface area contributed by atoms with Gasteiger partial charge in [0.1, 0.15) is 0 Å². The number of nitrogens with zero attached hydrogens (tertiary/aromatic N) is 3. The molecule has 0 saturated heterocycles. The molecule has 72 valence electrons. The molecule has 0 saturated carbocycles. The van der Waals surface area contributed by atoms with E-state index in [-0.39, 0.29) is 0 Å². The third kappa shape index (κ3) is 1.53. The van der Waals surface area contributed by atoms with Crippen molar-refractivity contribution in [2.75, 3.05) is 0 Å². The molecular weight excluding hydrogens is 174 g/mol. The van der Waals surface area contributed by atoms with Crippen LogP contribution < -0.4 is 0 Å². The van der Waals surface area contributed by atoms with Crippen LogP contribution in [0.1, 0.15) is 18.3 Å². The Bertz CT molecular complexity index is 417. The van der Waals surface area contributed by atoms with Crippen LogP contribution in [0.4, 0.5) is 0 Å². The molecule has 2 aromatic heterocycles. The summed E-state index contributed by atoms with van der Waals surface area (Å²) in [5.74, 6) is 0. The van der Waals surface area contributed by atoms with Gasteiger partial charge in [-0.1, -0.05) is 6.92 Å². The molecule has 0 radical (unpaired) electrons. The monoisotopic (exact) mass is 187 g/mol. The Labute approximate surface area is 83.4 Å². The molecule has 14 heavy (non-hydrogen) atoms. The first kappa shape index (κ1) is 8.94. The molecule has 0 N–H and O–H groups in total. The molecule has 0 unspecified atom stereocenters. The molecule has 3 heteroatoms. The highest BCUT2D eigenvalue weighted by atomic mass is 15.3. The maximum Gasteiger partial charge on any atom is 0.0679 e. The molecule has 3 nitrogen and oxygen atoms in total. The summed E-state index contributed by atoms with van der Waals surface area (Å²) in [7, 11) is 0. The molecule has 2 rings (SSSR count). The Hall–Kier alpha value is -1.64. The number of hydrogen-bond acceptors (Lipinski definition) is 2. The molecular formula is C11H13N3. The van der Waals surface area contributed by atoms with Crippen molar-refractivity contribution in [2.24, 2.45) is 0 Å². The molecule has 0 atom stereocenters. The van der Waals surface area contributed by atoms with Crippen LogP contribution >= 0.6 is 0 Å². The minimum atomic E-state index is 0.971. The summed E-state index contributed by atoms with van der Waals surface area (Å²) in [6, 6.07) is 6.03. The van der Waals surface area contributed by atoms with E-state index >= 15 is 0 Å². The predicted molar refractivity (Wildman–Crippen MR) is 55.5 cm³/mol. The Morgan fingerprint density at radius 2 is 2.00 bits per heavy atom. The second-order valence-electron chi connectivity index (χ2n) is 3.25. The van der Waals surface area contributed by atoms with Crippen LogP contribution in [0.3, 0.4) is 0 Å². The van der Waals surface area contributed by atoms with Gasteiger partial charge in [0.05, 0.1) is 11.4 Å². The van der Waals surface area contributed by atoms with E-state index < -0.39 is 0 Å². The van der Waals surface area contributed by atoms with Gasteiger partial charge in [0.15, 0.2) is 0 Å². The molecule has 0 aliphatic rings. The highest BCUT2D eigenvalue weighted by Gasteiger charge is 2.03. The van der Waals surface area contributed by atoms with E-state index in [4.69, 9.17) is 0 Å². The highest BCUT2D eigenvalue weighted by Crippen LogP contribution is 2.10. The average Bonchev–Trinajstić information content (AvgIpc) is 2.61. The zero-order chi connectivity index (χ0) is 9.97. The molecule has 0 amide bonds. The molecule has 0 fully saturated rings. The van der Waals surface area contributed by atoms with E-state index in [1.165, 1.54) is 0 Å². The fourth-order valence-corrected chi connectivity index (χ4v) is 1.46. The molecule has 2 heterocycles. The van der Waals surface area contributed by atoms with Crippen molar-refractivity contribution in [1.82, 2.24) is 14.8 Å². The quantitative estimate of drug-likeness (QED) is 0.721. The molecule has 0 spiro atoms. The van der Waals surface area contributed by atoms with Gasteiger partial charge in [0, 0.05) is 18.1 Å². The van der Waals surface area contributed by atoms with E-state index in [0.717, 1.165) is 23.5 Å². The van der Waals surface area contributed by atoms with Gasteiger partial charge in [-0.15, -0.1) is 0 Å². The van der Waals surface area contributed by atoms with Crippen molar-refractivity contribution in [2.45, 2.75) is 20.3 Å². The van der Waals surface area contributed by atoms with Gasteiger partial charge in [0.2, 0.25) is 0 Å². The average molecular weight is 187 g/mol. The van der Waals surface area contributed by atoms with Crippen LogP contribution in [0.15, 0.2) is 30.6 Å². The topological polar surface area (TPSA) is 30.7 Å². The molecule has 0 aromatic carbocycles. The summed E-state index contributed by atoms with van der Waals surface area (Å²) >= 11 is 0. The number of rotatable bonds is 2. The Morgan fingerprint density at radius 1 is 1.29 bits per heavy atom. The predicted octanol–water partition coefficient (Wildman–Crippen LogP) is 2.14. The van der Waals surface area contributed by atoms with Gasteiger partial charge < -0.3 is 0 Å². The van der Waals surface area contributed by atoms with Gasteiger partial charge in [-0.3, -0.25) is 4.98 Å². The Balaban J connectivity index is 2.46. The van der Waals surface area contributed by atoms with Crippen LogP contribution in [0.25, 0.3) is 5.69 Å². The van der Waals surface area contributed by atoms with Gasteiger partial charge >= 0.3 is 0 Å². The van der Waals surface area contributed by atoms with Gasteiger partial charge in [-0.25, -0.2) is 4.68 Å². The molecule has 0 aliphatic carbocycles. The van der Waals surface area contributed by atoms with E-state index in [2.05, 4.69) is 30.0 Å². The smallest absolute Gasteiger partial charge is 0.0679 e. The molecule has 0 bridgehead atoms. The fourth-order valence-electron chi connectivity index (χ4n) is 1.46. The van der Waals surface area contributed by atoms with Gasteiger partial charge in [-0.05, 0) is 31.5 Å². The van der Waals surface area contributed by atoms with Crippen LogP contribution in [-0.2, 0) is 6.42 Å². The minimum absolute atomic E-state index is 0.971. The van der Waals surface area contributed by atoms with Crippen molar-refractivity contribution in [3.63, 3.8) is 0 Å². The minimum Gasteiger partial charge on any atom is -0.265 e. The number of aromatic nitrogens is 3. The second kappa shape index (κ2) is 3.62. The Morgan fingerprint density at radius 3 is 2.57 bits per heavy atom. The van der Waals surface area contributed by atoms with Crippen molar-refractivity contribution in [3.05, 3.63) is 42.0 Å². The first-order chi connectivity index (χ1) is 6.81. The van der Waals surface area contributed by atoms with Crippen LogP contribution in [0.2, 0.25) is 0 Å². The first-order valence-corrected chi connectivity index (χ1v) is 4.77.